The quantitative estimate of drug-likeness (QED) is 0.923. The van der Waals surface area contributed by atoms with Crippen LogP contribution in [0.4, 0.5) is 0 Å². The van der Waals surface area contributed by atoms with E-state index in [0.717, 1.165) is 0 Å². The first-order valence-corrected chi connectivity index (χ1v) is 8.18. The molecule has 1 amide bonds. The minimum atomic E-state index is -1.03. The first-order chi connectivity index (χ1) is 11.9. The summed E-state index contributed by atoms with van der Waals surface area (Å²) >= 11 is 0. The number of hydrogen-bond donors (Lipinski definition) is 1. The van der Waals surface area contributed by atoms with Crippen LogP contribution < -0.4 is 5.56 Å². The number of benzene rings is 1. The zero-order chi connectivity index (χ0) is 18.0. The zero-order valence-electron chi connectivity index (χ0n) is 14.8. The Balaban J connectivity index is 1.73. The predicted octanol–water partition coefficient (Wildman–Crippen LogP) is 1.41. The van der Waals surface area contributed by atoms with Gasteiger partial charge >= 0.3 is 0 Å². The van der Waals surface area contributed by atoms with Crippen LogP contribution >= 0.6 is 0 Å². The monoisotopic (exact) mass is 330 g/mol. The maximum Gasteiger partial charge on any atom is 0.261 e. The van der Waals surface area contributed by atoms with Crippen molar-refractivity contribution < 1.29 is 11.3 Å². The van der Waals surface area contributed by atoms with Crippen LogP contribution in [0.15, 0.2) is 35.4 Å². The maximum absolute atomic E-state index is 12.6. The Morgan fingerprint density at radius 1 is 1.42 bits per heavy atom. The van der Waals surface area contributed by atoms with Crippen molar-refractivity contribution in [3.63, 3.8) is 0 Å². The van der Waals surface area contributed by atoms with Crippen molar-refractivity contribution >= 4 is 16.8 Å². The number of amides is 1. The number of fused-ring (bicyclic) bond motifs is 1. The molecule has 24 heavy (non-hydrogen) atoms. The van der Waals surface area contributed by atoms with Crippen LogP contribution in [0.3, 0.4) is 0 Å². The Hall–Kier alpha value is -2.21. The van der Waals surface area contributed by atoms with Crippen LogP contribution in [0.25, 0.3) is 10.9 Å². The van der Waals surface area contributed by atoms with Gasteiger partial charge in [0.15, 0.2) is 0 Å². The molecule has 1 aromatic heterocycles. The Bertz CT molecular complexity index is 828. The van der Waals surface area contributed by atoms with Gasteiger partial charge in [0, 0.05) is 20.4 Å². The van der Waals surface area contributed by atoms with E-state index in [4.69, 9.17) is 1.37 Å². The second kappa shape index (κ2) is 6.36. The highest BCUT2D eigenvalue weighted by atomic mass is 16.3. The van der Waals surface area contributed by atoms with Crippen LogP contribution in [0, 0.1) is 5.92 Å². The van der Waals surface area contributed by atoms with Crippen molar-refractivity contribution in [3.05, 3.63) is 40.9 Å². The molecule has 0 aliphatic carbocycles. The topological polar surface area (TPSA) is 75.4 Å². The Morgan fingerprint density at radius 2 is 2.12 bits per heavy atom. The minimum absolute atomic E-state index is 0.0402. The van der Waals surface area contributed by atoms with Gasteiger partial charge in [-0.15, -0.1) is 0 Å². The lowest BCUT2D eigenvalue weighted by Gasteiger charge is -2.39. The molecule has 0 saturated carbocycles. The molecule has 1 aliphatic heterocycles. The molecule has 0 bridgehead atoms. The standard InChI is InChI=1S/C18H23N3O3/c1-13(2)16(22)20-9-7-18(24,8-10-20)11-21-12-19-15-6-4-3-5-14(15)17(21)23/h3-6,12-13,24H,7-11H2,1-2H3/i1D. The van der Waals surface area contributed by atoms with Gasteiger partial charge in [0.2, 0.25) is 5.91 Å². The second-order valence-corrected chi connectivity index (χ2v) is 6.65. The number of piperidine rings is 1. The van der Waals surface area contributed by atoms with E-state index in [1.54, 1.807) is 30.0 Å². The number of aromatic nitrogens is 2. The largest absolute Gasteiger partial charge is 0.388 e. The molecule has 1 fully saturated rings. The summed E-state index contributed by atoms with van der Waals surface area (Å²) in [6.45, 7) is 2.86. The minimum Gasteiger partial charge on any atom is -0.388 e. The number of carbonyl (C=O) groups is 1. The summed E-state index contributed by atoms with van der Waals surface area (Å²) in [4.78, 5) is 30.7. The van der Waals surface area contributed by atoms with Crippen LogP contribution in [-0.4, -0.2) is 44.2 Å². The molecule has 1 atom stereocenters. The van der Waals surface area contributed by atoms with E-state index in [1.807, 2.05) is 6.07 Å². The van der Waals surface area contributed by atoms with Crippen molar-refractivity contribution in [1.82, 2.24) is 14.5 Å². The molecule has 1 aromatic carbocycles. The SMILES string of the molecule is [2H]CC(C)C(=O)N1CCC(O)(Cn2cnc3ccccc3c2=O)CC1. The molecule has 2 heterocycles. The van der Waals surface area contributed by atoms with Crippen molar-refractivity contribution in [2.24, 2.45) is 5.92 Å². The average molecular weight is 330 g/mol. The first-order valence-electron chi connectivity index (χ1n) is 8.89. The molecule has 0 spiro atoms. The number of rotatable bonds is 3. The number of nitrogens with zero attached hydrogens (tertiary/aromatic N) is 3. The summed E-state index contributed by atoms with van der Waals surface area (Å²) in [6, 6.07) is 7.14. The Labute approximate surface area is 142 Å². The van der Waals surface area contributed by atoms with Gasteiger partial charge in [0.25, 0.3) is 5.56 Å². The number of likely N-dealkylation sites (tertiary alicyclic amines) is 1. The molecule has 1 aliphatic rings. The molecule has 128 valence electrons. The lowest BCUT2D eigenvalue weighted by Crippen LogP contribution is -2.50. The highest BCUT2D eigenvalue weighted by Crippen LogP contribution is 2.24. The fourth-order valence-corrected chi connectivity index (χ4v) is 3.15. The third-order valence-corrected chi connectivity index (χ3v) is 4.62. The molecule has 3 rings (SSSR count). The molecule has 1 saturated heterocycles. The highest BCUT2D eigenvalue weighted by Gasteiger charge is 2.35. The van der Waals surface area contributed by atoms with Crippen molar-refractivity contribution in [3.8, 4) is 0 Å². The summed E-state index contributed by atoms with van der Waals surface area (Å²) in [5.74, 6) is -0.361. The van der Waals surface area contributed by atoms with Crippen LogP contribution in [0.5, 0.6) is 0 Å². The number of carbonyl (C=O) groups excluding carboxylic acids is 1. The van der Waals surface area contributed by atoms with Crippen molar-refractivity contribution in [1.29, 1.82) is 0 Å². The predicted molar refractivity (Wildman–Crippen MR) is 91.6 cm³/mol. The lowest BCUT2D eigenvalue weighted by molar-refractivity contribution is -0.139. The Morgan fingerprint density at radius 3 is 2.83 bits per heavy atom. The van der Waals surface area contributed by atoms with E-state index in [1.165, 1.54) is 10.9 Å². The van der Waals surface area contributed by atoms with Gasteiger partial charge in [-0.1, -0.05) is 26.0 Å². The Kier molecular flexibility index (Phi) is 4.06. The van der Waals surface area contributed by atoms with Gasteiger partial charge in [-0.2, -0.15) is 0 Å². The number of aliphatic hydroxyl groups is 1. The molecule has 6 heteroatoms. The molecular formula is C18H23N3O3. The van der Waals surface area contributed by atoms with Gasteiger partial charge in [-0.05, 0) is 25.0 Å². The van der Waals surface area contributed by atoms with E-state index >= 15 is 0 Å². The van der Waals surface area contributed by atoms with E-state index in [9.17, 15) is 14.7 Å². The van der Waals surface area contributed by atoms with Gasteiger partial charge in [-0.25, -0.2) is 4.98 Å². The fourth-order valence-electron chi connectivity index (χ4n) is 3.15. The fraction of sp³-hybridized carbons (Fsp3) is 0.500. The maximum atomic E-state index is 12.6. The number of para-hydroxylation sites is 1. The summed E-state index contributed by atoms with van der Waals surface area (Å²) in [5, 5.41) is 11.4. The summed E-state index contributed by atoms with van der Waals surface area (Å²) < 4.78 is 8.78. The molecular weight excluding hydrogens is 306 g/mol. The third-order valence-electron chi connectivity index (χ3n) is 4.62. The van der Waals surface area contributed by atoms with E-state index in [2.05, 4.69) is 4.98 Å². The van der Waals surface area contributed by atoms with E-state index in [0.29, 0.717) is 36.8 Å². The highest BCUT2D eigenvalue weighted by molar-refractivity contribution is 5.78. The number of hydrogen-bond acceptors (Lipinski definition) is 4. The summed E-state index contributed by atoms with van der Waals surface area (Å²) in [5.41, 5.74) is -0.560. The van der Waals surface area contributed by atoms with Crippen LogP contribution in [-0.2, 0) is 11.3 Å². The normalized spacial score (nSPS) is 19.1. The van der Waals surface area contributed by atoms with Crippen LogP contribution in [0.2, 0.25) is 0 Å². The molecule has 1 unspecified atom stereocenters. The van der Waals surface area contributed by atoms with Crippen molar-refractivity contribution in [2.45, 2.75) is 38.8 Å². The smallest absolute Gasteiger partial charge is 0.261 e. The molecule has 0 radical (unpaired) electrons. The van der Waals surface area contributed by atoms with Gasteiger partial charge in [-0.3, -0.25) is 14.2 Å². The van der Waals surface area contributed by atoms with Gasteiger partial charge in [0.1, 0.15) is 0 Å². The van der Waals surface area contributed by atoms with Crippen LogP contribution in [0.1, 0.15) is 28.0 Å². The third kappa shape index (κ3) is 3.19. The first kappa shape index (κ1) is 15.3. The average Bonchev–Trinajstić information content (AvgIpc) is 2.63. The summed E-state index contributed by atoms with van der Waals surface area (Å²) in [6.07, 6.45) is 2.29. The second-order valence-electron chi connectivity index (χ2n) is 6.65. The van der Waals surface area contributed by atoms with Gasteiger partial charge in [0.05, 0.1) is 29.4 Å². The molecule has 6 nitrogen and oxygen atoms in total. The van der Waals surface area contributed by atoms with Gasteiger partial charge < -0.3 is 10.0 Å². The lowest BCUT2D eigenvalue weighted by atomic mass is 9.90. The molecule has 2 aromatic rings. The summed E-state index contributed by atoms with van der Waals surface area (Å²) in [7, 11) is 0. The van der Waals surface area contributed by atoms with E-state index < -0.39 is 5.60 Å². The molecule has 1 N–H and O–H groups in total. The van der Waals surface area contributed by atoms with E-state index in [-0.39, 0.29) is 30.8 Å². The zero-order valence-corrected chi connectivity index (χ0v) is 13.8. The van der Waals surface area contributed by atoms with Crippen molar-refractivity contribution in [2.75, 3.05) is 13.1 Å².